The summed E-state index contributed by atoms with van der Waals surface area (Å²) in [6.07, 6.45) is 3.07. The molecule has 0 bridgehead atoms. The topological polar surface area (TPSA) is 72.3 Å². The van der Waals surface area contributed by atoms with Gasteiger partial charge in [0, 0.05) is 12.4 Å². The maximum atomic E-state index is 9.16. The number of hydrogen-bond donors (Lipinski definition) is 0. The van der Waals surface area contributed by atoms with Gasteiger partial charge < -0.3 is 0 Å². The highest BCUT2D eigenvalue weighted by atomic mass is 14.8. The average Bonchev–Trinajstić information content (AvgIpc) is 2.59. The third-order valence-corrected chi connectivity index (χ3v) is 2.72. The quantitative estimate of drug-likeness (QED) is 0.636. The normalized spacial score (nSPS) is 11.9. The number of rotatable bonds is 4. The van der Waals surface area contributed by atoms with Gasteiger partial charge in [0.05, 0.1) is 0 Å². The highest BCUT2D eigenvalue weighted by Gasteiger charge is 2.02. The second kappa shape index (κ2) is 7.94. The van der Waals surface area contributed by atoms with Gasteiger partial charge in [-0.25, -0.2) is 9.98 Å². The molecule has 0 aliphatic carbocycles. The Labute approximate surface area is 129 Å². The van der Waals surface area contributed by atoms with Crippen LogP contribution in [0.15, 0.2) is 82.0 Å². The molecule has 0 N–H and O–H groups in total. The first-order valence-corrected chi connectivity index (χ1v) is 6.56. The molecule has 22 heavy (non-hydrogen) atoms. The van der Waals surface area contributed by atoms with Gasteiger partial charge in [-0.15, -0.1) is 0 Å². The van der Waals surface area contributed by atoms with E-state index in [2.05, 4.69) is 9.98 Å². The van der Waals surface area contributed by atoms with Crippen LogP contribution >= 0.6 is 0 Å². The number of benzene rings is 2. The molecule has 0 heterocycles. The van der Waals surface area contributed by atoms with E-state index in [1.165, 1.54) is 12.4 Å². The van der Waals surface area contributed by atoms with Crippen LogP contribution in [0.1, 0.15) is 11.1 Å². The van der Waals surface area contributed by atoms with Crippen LogP contribution < -0.4 is 0 Å². The predicted molar refractivity (Wildman–Crippen MR) is 86.3 cm³/mol. The summed E-state index contributed by atoms with van der Waals surface area (Å²) in [7, 11) is 0. The Hall–Kier alpha value is -3.50. The fraction of sp³-hybridized carbons (Fsp3) is 0. The largest absolute Gasteiger partial charge is 0.242 e. The van der Waals surface area contributed by atoms with Crippen LogP contribution in [-0.4, -0.2) is 12.4 Å². The van der Waals surface area contributed by atoms with Crippen molar-refractivity contribution in [1.29, 1.82) is 10.5 Å². The van der Waals surface area contributed by atoms with Crippen molar-refractivity contribution in [2.24, 2.45) is 9.98 Å². The monoisotopic (exact) mass is 284 g/mol. The Morgan fingerprint density at radius 1 is 0.682 bits per heavy atom. The minimum Gasteiger partial charge on any atom is -0.242 e. The molecule has 0 amide bonds. The molecular formula is C18H12N4. The predicted octanol–water partition coefficient (Wildman–Crippen LogP) is 3.48. The van der Waals surface area contributed by atoms with Crippen LogP contribution in [-0.2, 0) is 0 Å². The van der Waals surface area contributed by atoms with Crippen LogP contribution in [0.3, 0.4) is 0 Å². The molecule has 0 saturated heterocycles. The summed E-state index contributed by atoms with van der Waals surface area (Å²) in [6, 6.07) is 22.5. The van der Waals surface area contributed by atoms with Crippen LogP contribution in [0.25, 0.3) is 0 Å². The van der Waals surface area contributed by atoms with Gasteiger partial charge in [0.25, 0.3) is 0 Å². The maximum absolute atomic E-state index is 9.16. The lowest BCUT2D eigenvalue weighted by molar-refractivity contribution is 1.27. The van der Waals surface area contributed by atoms with Gasteiger partial charge in [-0.3, -0.25) is 0 Å². The minimum atomic E-state index is -0.0152. The first-order chi connectivity index (χ1) is 10.8. The molecule has 0 radical (unpaired) electrons. The molecule has 104 valence electrons. The zero-order chi connectivity index (χ0) is 15.6. The van der Waals surface area contributed by atoms with Crippen molar-refractivity contribution in [3.05, 3.63) is 83.2 Å². The zero-order valence-corrected chi connectivity index (χ0v) is 11.7. The molecule has 0 aromatic heterocycles. The SMILES string of the molecule is N#CC(N=Cc1ccccc1)=C(C#N)N=Cc1ccccc1. The van der Waals surface area contributed by atoms with E-state index < -0.39 is 0 Å². The summed E-state index contributed by atoms with van der Waals surface area (Å²) >= 11 is 0. The average molecular weight is 284 g/mol. The number of allylic oxidation sites excluding steroid dienone is 2. The molecule has 2 rings (SSSR count). The van der Waals surface area contributed by atoms with Gasteiger partial charge >= 0.3 is 0 Å². The van der Waals surface area contributed by atoms with E-state index in [-0.39, 0.29) is 11.4 Å². The summed E-state index contributed by atoms with van der Waals surface area (Å²) < 4.78 is 0. The van der Waals surface area contributed by atoms with E-state index >= 15 is 0 Å². The van der Waals surface area contributed by atoms with Gasteiger partial charge in [0.2, 0.25) is 0 Å². The highest BCUT2D eigenvalue weighted by molar-refractivity contribution is 5.82. The number of nitrogens with zero attached hydrogens (tertiary/aromatic N) is 4. The smallest absolute Gasteiger partial charge is 0.176 e. The van der Waals surface area contributed by atoms with Gasteiger partial charge in [0.15, 0.2) is 11.4 Å². The highest BCUT2D eigenvalue weighted by Crippen LogP contribution is 2.07. The number of aliphatic imine (C=N–C) groups is 2. The lowest BCUT2D eigenvalue weighted by Crippen LogP contribution is -1.87. The Bertz CT molecular complexity index is 719. The van der Waals surface area contributed by atoms with Crippen molar-refractivity contribution in [1.82, 2.24) is 0 Å². The zero-order valence-electron chi connectivity index (χ0n) is 11.7. The Morgan fingerprint density at radius 2 is 1.05 bits per heavy atom. The Kier molecular flexibility index (Phi) is 5.38. The standard InChI is InChI=1S/C18H12N4/c19-11-17(21-13-15-7-3-1-4-8-15)18(12-20)22-14-16-9-5-2-6-10-16/h1-10,13-14H. The van der Waals surface area contributed by atoms with Crippen molar-refractivity contribution < 1.29 is 0 Å². The molecule has 0 unspecified atom stereocenters. The van der Waals surface area contributed by atoms with Crippen molar-refractivity contribution in [2.45, 2.75) is 0 Å². The molecule has 0 atom stereocenters. The van der Waals surface area contributed by atoms with E-state index in [1.807, 2.05) is 72.8 Å². The van der Waals surface area contributed by atoms with Crippen molar-refractivity contribution in [2.75, 3.05) is 0 Å². The second-order valence-corrected chi connectivity index (χ2v) is 4.26. The molecule has 0 saturated carbocycles. The molecule has 2 aromatic rings. The maximum Gasteiger partial charge on any atom is 0.176 e. The number of nitriles is 2. The summed E-state index contributed by atoms with van der Waals surface area (Å²) in [4.78, 5) is 8.11. The van der Waals surface area contributed by atoms with Crippen molar-refractivity contribution in [3.63, 3.8) is 0 Å². The fourth-order valence-electron chi connectivity index (χ4n) is 1.64. The van der Waals surface area contributed by atoms with E-state index in [4.69, 9.17) is 10.5 Å². The van der Waals surface area contributed by atoms with Crippen LogP contribution in [0.2, 0.25) is 0 Å². The van der Waals surface area contributed by atoms with Crippen LogP contribution in [0, 0.1) is 22.7 Å². The van der Waals surface area contributed by atoms with Crippen molar-refractivity contribution in [3.8, 4) is 12.1 Å². The summed E-state index contributed by atoms with van der Waals surface area (Å²) in [5.41, 5.74) is 1.66. The van der Waals surface area contributed by atoms with Gasteiger partial charge in [-0.1, -0.05) is 60.7 Å². The third kappa shape index (κ3) is 4.26. The van der Waals surface area contributed by atoms with Gasteiger partial charge in [-0.2, -0.15) is 10.5 Å². The molecular weight excluding hydrogens is 272 g/mol. The lowest BCUT2D eigenvalue weighted by atomic mass is 10.2. The van der Waals surface area contributed by atoms with E-state index in [1.54, 1.807) is 0 Å². The summed E-state index contributed by atoms with van der Waals surface area (Å²) in [5.74, 6) is 0. The minimum absolute atomic E-state index is 0.0152. The molecule has 4 nitrogen and oxygen atoms in total. The molecule has 0 aliphatic rings. The summed E-state index contributed by atoms with van der Waals surface area (Å²) in [5, 5.41) is 18.3. The lowest BCUT2D eigenvalue weighted by Gasteiger charge is -1.94. The van der Waals surface area contributed by atoms with E-state index in [0.717, 1.165) is 11.1 Å². The fourth-order valence-corrected chi connectivity index (χ4v) is 1.64. The van der Waals surface area contributed by atoms with Crippen LogP contribution in [0.5, 0.6) is 0 Å². The van der Waals surface area contributed by atoms with Crippen LogP contribution in [0.4, 0.5) is 0 Å². The molecule has 0 spiro atoms. The Balaban J connectivity index is 2.27. The first kappa shape index (κ1) is 14.9. The summed E-state index contributed by atoms with van der Waals surface area (Å²) in [6.45, 7) is 0. The third-order valence-electron chi connectivity index (χ3n) is 2.72. The Morgan fingerprint density at radius 3 is 1.36 bits per heavy atom. The molecule has 2 aromatic carbocycles. The second-order valence-electron chi connectivity index (χ2n) is 4.26. The number of hydrogen-bond acceptors (Lipinski definition) is 4. The van der Waals surface area contributed by atoms with E-state index in [9.17, 15) is 0 Å². The first-order valence-electron chi connectivity index (χ1n) is 6.56. The van der Waals surface area contributed by atoms with Gasteiger partial charge in [0.1, 0.15) is 12.1 Å². The molecule has 4 heteroatoms. The molecule has 0 fully saturated rings. The van der Waals surface area contributed by atoms with Crippen molar-refractivity contribution >= 4 is 12.4 Å². The van der Waals surface area contributed by atoms with E-state index in [0.29, 0.717) is 0 Å². The molecule has 0 aliphatic heterocycles. The van der Waals surface area contributed by atoms with Gasteiger partial charge in [-0.05, 0) is 11.1 Å².